The largest absolute Gasteiger partial charge is 0.321 e. The van der Waals surface area contributed by atoms with Crippen molar-refractivity contribution in [3.63, 3.8) is 0 Å². The molecule has 0 bridgehead atoms. The molecule has 0 radical (unpaired) electrons. The molecule has 0 saturated heterocycles. The minimum atomic E-state index is -0.321. The maximum Gasteiger partial charge on any atom is 0.156 e. The second-order valence-corrected chi connectivity index (χ2v) is 5.82. The molecule has 108 valence electrons. The number of hydrogen-bond donors (Lipinski definition) is 1. The third-order valence-corrected chi connectivity index (χ3v) is 4.43. The Morgan fingerprint density at radius 2 is 1.71 bits per heavy atom. The molecule has 2 atom stereocenters. The van der Waals surface area contributed by atoms with Gasteiger partial charge in [0.1, 0.15) is 0 Å². The Hall–Kier alpha value is -1.93. The number of ketones is 1. The van der Waals surface area contributed by atoms with E-state index in [1.807, 2.05) is 24.3 Å². The first-order valence-corrected chi connectivity index (χ1v) is 7.67. The van der Waals surface area contributed by atoms with Crippen LogP contribution in [0.1, 0.15) is 35.4 Å². The van der Waals surface area contributed by atoms with E-state index in [1.54, 1.807) is 0 Å². The molecular formula is C19H21NO. The Kier molecular flexibility index (Phi) is 4.16. The minimum Gasteiger partial charge on any atom is -0.321 e. The van der Waals surface area contributed by atoms with Crippen LogP contribution < -0.4 is 5.73 Å². The molecule has 0 spiro atoms. The van der Waals surface area contributed by atoms with Gasteiger partial charge in [-0.2, -0.15) is 0 Å². The summed E-state index contributed by atoms with van der Waals surface area (Å²) >= 11 is 0. The monoisotopic (exact) mass is 279 g/mol. The van der Waals surface area contributed by atoms with E-state index in [9.17, 15) is 4.79 Å². The molecule has 1 aliphatic rings. The first kappa shape index (κ1) is 14.0. The van der Waals surface area contributed by atoms with Crippen LogP contribution in [-0.2, 0) is 17.6 Å². The van der Waals surface area contributed by atoms with E-state index in [0.29, 0.717) is 0 Å². The summed E-state index contributed by atoms with van der Waals surface area (Å²) in [4.78, 5) is 12.6. The Morgan fingerprint density at radius 1 is 1.00 bits per heavy atom. The van der Waals surface area contributed by atoms with Crippen LogP contribution in [0.3, 0.4) is 0 Å². The third-order valence-electron chi connectivity index (χ3n) is 4.43. The van der Waals surface area contributed by atoms with Crippen LogP contribution in [0.25, 0.3) is 0 Å². The smallest absolute Gasteiger partial charge is 0.156 e. The molecule has 2 N–H and O–H groups in total. The van der Waals surface area contributed by atoms with Crippen molar-refractivity contribution in [2.75, 3.05) is 0 Å². The van der Waals surface area contributed by atoms with Crippen LogP contribution in [0.4, 0.5) is 0 Å². The number of benzene rings is 2. The summed E-state index contributed by atoms with van der Waals surface area (Å²) < 4.78 is 0. The SMILES string of the molecule is N[C@H]1CCc2ccccc2[C@@H](CCc2ccccc2)C1=O. The highest BCUT2D eigenvalue weighted by Crippen LogP contribution is 2.31. The molecule has 2 nitrogen and oxygen atoms in total. The van der Waals surface area contributed by atoms with E-state index in [2.05, 4.69) is 30.3 Å². The van der Waals surface area contributed by atoms with Crippen molar-refractivity contribution in [2.45, 2.75) is 37.6 Å². The number of carbonyl (C=O) groups is 1. The van der Waals surface area contributed by atoms with Gasteiger partial charge in [0.25, 0.3) is 0 Å². The highest BCUT2D eigenvalue weighted by molar-refractivity contribution is 5.91. The van der Waals surface area contributed by atoms with Gasteiger partial charge in [0.05, 0.1) is 6.04 Å². The van der Waals surface area contributed by atoms with E-state index in [0.717, 1.165) is 25.7 Å². The fourth-order valence-corrected chi connectivity index (χ4v) is 3.22. The highest BCUT2D eigenvalue weighted by atomic mass is 16.1. The molecule has 0 unspecified atom stereocenters. The molecule has 0 amide bonds. The van der Waals surface area contributed by atoms with Crippen LogP contribution in [0, 0.1) is 0 Å². The van der Waals surface area contributed by atoms with Gasteiger partial charge in [0, 0.05) is 5.92 Å². The van der Waals surface area contributed by atoms with Gasteiger partial charge in [-0.1, -0.05) is 54.6 Å². The van der Waals surface area contributed by atoms with Crippen LogP contribution in [-0.4, -0.2) is 11.8 Å². The Bertz CT molecular complexity index is 620. The highest BCUT2D eigenvalue weighted by Gasteiger charge is 2.30. The van der Waals surface area contributed by atoms with Crippen molar-refractivity contribution in [3.8, 4) is 0 Å². The summed E-state index contributed by atoms with van der Waals surface area (Å²) in [6.45, 7) is 0. The summed E-state index contributed by atoms with van der Waals surface area (Å²) in [5.74, 6) is 0.148. The average Bonchev–Trinajstić information content (AvgIpc) is 2.65. The maximum absolute atomic E-state index is 12.6. The number of nitrogens with two attached hydrogens (primary N) is 1. The van der Waals surface area contributed by atoms with Crippen molar-refractivity contribution in [1.29, 1.82) is 0 Å². The van der Waals surface area contributed by atoms with E-state index < -0.39 is 0 Å². The van der Waals surface area contributed by atoms with Crippen molar-refractivity contribution < 1.29 is 4.79 Å². The number of hydrogen-bond acceptors (Lipinski definition) is 2. The van der Waals surface area contributed by atoms with Gasteiger partial charge in [0.15, 0.2) is 5.78 Å². The number of fused-ring (bicyclic) bond motifs is 1. The lowest BCUT2D eigenvalue weighted by atomic mass is 9.86. The molecule has 1 aliphatic carbocycles. The number of carbonyl (C=O) groups excluding carboxylic acids is 1. The Morgan fingerprint density at radius 3 is 2.52 bits per heavy atom. The Labute approximate surface area is 126 Å². The van der Waals surface area contributed by atoms with Crippen LogP contribution in [0.15, 0.2) is 54.6 Å². The fourth-order valence-electron chi connectivity index (χ4n) is 3.22. The minimum absolute atomic E-state index is 0.0566. The summed E-state index contributed by atoms with van der Waals surface area (Å²) in [6.07, 6.45) is 3.43. The first-order valence-electron chi connectivity index (χ1n) is 7.67. The average molecular weight is 279 g/mol. The number of aryl methyl sites for hydroxylation is 2. The van der Waals surface area contributed by atoms with Crippen molar-refractivity contribution >= 4 is 5.78 Å². The first-order chi connectivity index (χ1) is 10.3. The van der Waals surface area contributed by atoms with E-state index in [1.165, 1.54) is 16.7 Å². The summed E-state index contributed by atoms with van der Waals surface area (Å²) in [5.41, 5.74) is 9.82. The van der Waals surface area contributed by atoms with E-state index >= 15 is 0 Å². The van der Waals surface area contributed by atoms with Crippen LogP contribution in [0.5, 0.6) is 0 Å². The Balaban J connectivity index is 1.85. The van der Waals surface area contributed by atoms with Gasteiger partial charge in [-0.15, -0.1) is 0 Å². The predicted octanol–water partition coefficient (Wildman–Crippen LogP) is 3.25. The molecule has 0 aliphatic heterocycles. The molecule has 0 heterocycles. The lowest BCUT2D eigenvalue weighted by molar-refractivity contribution is -0.121. The van der Waals surface area contributed by atoms with Crippen LogP contribution >= 0.6 is 0 Å². The van der Waals surface area contributed by atoms with Gasteiger partial charge >= 0.3 is 0 Å². The zero-order valence-corrected chi connectivity index (χ0v) is 12.2. The zero-order chi connectivity index (χ0) is 14.7. The number of Topliss-reactive ketones (excluding diaryl/α,β-unsaturated/α-hetero) is 1. The van der Waals surface area contributed by atoms with Gasteiger partial charge in [-0.3, -0.25) is 4.79 Å². The van der Waals surface area contributed by atoms with E-state index in [-0.39, 0.29) is 17.7 Å². The maximum atomic E-state index is 12.6. The fraction of sp³-hybridized carbons (Fsp3) is 0.316. The second-order valence-electron chi connectivity index (χ2n) is 5.82. The number of rotatable bonds is 3. The van der Waals surface area contributed by atoms with Gasteiger partial charge < -0.3 is 5.73 Å². The van der Waals surface area contributed by atoms with Gasteiger partial charge in [-0.25, -0.2) is 0 Å². The second kappa shape index (κ2) is 6.23. The normalized spacial score (nSPS) is 21.7. The van der Waals surface area contributed by atoms with Gasteiger partial charge in [-0.05, 0) is 42.4 Å². The molecule has 0 fully saturated rings. The van der Waals surface area contributed by atoms with Crippen LogP contribution in [0.2, 0.25) is 0 Å². The molecule has 0 aromatic heterocycles. The molecule has 3 rings (SSSR count). The van der Waals surface area contributed by atoms with Crippen molar-refractivity contribution in [2.24, 2.45) is 5.73 Å². The van der Waals surface area contributed by atoms with Crippen molar-refractivity contribution in [1.82, 2.24) is 0 Å². The molecule has 2 heteroatoms. The predicted molar refractivity (Wildman–Crippen MR) is 85.2 cm³/mol. The topological polar surface area (TPSA) is 43.1 Å². The molecule has 21 heavy (non-hydrogen) atoms. The third kappa shape index (κ3) is 3.06. The molecular weight excluding hydrogens is 258 g/mol. The lowest BCUT2D eigenvalue weighted by Gasteiger charge is -2.18. The molecule has 0 saturated carbocycles. The quantitative estimate of drug-likeness (QED) is 0.876. The molecule has 2 aromatic rings. The summed E-state index contributed by atoms with van der Waals surface area (Å²) in [7, 11) is 0. The summed E-state index contributed by atoms with van der Waals surface area (Å²) in [5, 5.41) is 0. The summed E-state index contributed by atoms with van der Waals surface area (Å²) in [6, 6.07) is 18.3. The van der Waals surface area contributed by atoms with Gasteiger partial charge in [0.2, 0.25) is 0 Å². The van der Waals surface area contributed by atoms with E-state index in [4.69, 9.17) is 5.73 Å². The molecule has 2 aromatic carbocycles. The lowest BCUT2D eigenvalue weighted by Crippen LogP contribution is -2.33. The van der Waals surface area contributed by atoms with Crippen molar-refractivity contribution in [3.05, 3.63) is 71.3 Å². The standard InChI is InChI=1S/C19H21NO/c20-18-13-11-15-8-4-5-9-16(15)17(19(18)21)12-10-14-6-2-1-3-7-14/h1-9,17-18H,10-13,20H2/t17-,18+/m1/s1. The zero-order valence-electron chi connectivity index (χ0n) is 12.2.